The molecule has 2 heterocycles. The van der Waals surface area contributed by atoms with Crippen LogP contribution in [0.1, 0.15) is 26.4 Å². The molecule has 33 heavy (non-hydrogen) atoms. The van der Waals surface area contributed by atoms with E-state index in [9.17, 15) is 14.4 Å². The van der Waals surface area contributed by atoms with Gasteiger partial charge in [0, 0.05) is 10.6 Å². The Morgan fingerprint density at radius 1 is 1.03 bits per heavy atom. The van der Waals surface area contributed by atoms with Gasteiger partial charge in [-0.15, -0.1) is 11.3 Å². The van der Waals surface area contributed by atoms with Gasteiger partial charge in [-0.2, -0.15) is 0 Å². The van der Waals surface area contributed by atoms with Gasteiger partial charge in [-0.3, -0.25) is 14.2 Å². The molecule has 168 valence electrons. The van der Waals surface area contributed by atoms with Crippen LogP contribution in [0.5, 0.6) is 0 Å². The van der Waals surface area contributed by atoms with Crippen molar-refractivity contribution in [1.82, 2.24) is 9.55 Å². The average molecular weight is 483 g/mol. The summed E-state index contributed by atoms with van der Waals surface area (Å²) in [5, 5.41) is 0.777. The molecule has 0 bridgehead atoms. The van der Waals surface area contributed by atoms with Crippen molar-refractivity contribution < 1.29 is 19.1 Å². The number of hydrogen-bond acceptors (Lipinski definition) is 7. The van der Waals surface area contributed by atoms with E-state index in [2.05, 4.69) is 4.98 Å². The zero-order chi connectivity index (χ0) is 23.4. The lowest BCUT2D eigenvalue weighted by atomic mass is 10.2. The minimum absolute atomic E-state index is 0.00217. The summed E-state index contributed by atoms with van der Waals surface area (Å²) in [5.41, 5.74) is 1.58. The molecule has 0 fully saturated rings. The van der Waals surface area contributed by atoms with E-state index in [1.165, 1.54) is 6.33 Å². The summed E-state index contributed by atoms with van der Waals surface area (Å²) < 4.78 is 11.8. The van der Waals surface area contributed by atoms with Crippen molar-refractivity contribution in [3.8, 4) is 0 Å². The number of rotatable bonds is 7. The van der Waals surface area contributed by atoms with Crippen LogP contribution in [-0.2, 0) is 34.0 Å². The molecule has 0 radical (unpaired) electrons. The molecule has 7 nitrogen and oxygen atoms in total. The first-order chi connectivity index (χ1) is 15.9. The fourth-order valence-electron chi connectivity index (χ4n) is 3.21. The highest BCUT2D eigenvalue weighted by Gasteiger charge is 2.21. The number of aryl methyl sites for hydroxylation is 1. The van der Waals surface area contributed by atoms with E-state index < -0.39 is 17.5 Å². The summed E-state index contributed by atoms with van der Waals surface area (Å²) in [7, 11) is 0. The van der Waals surface area contributed by atoms with Crippen molar-refractivity contribution >= 4 is 45.1 Å². The van der Waals surface area contributed by atoms with Crippen molar-refractivity contribution in [3.63, 3.8) is 0 Å². The molecule has 0 N–H and O–H groups in total. The lowest BCUT2D eigenvalue weighted by Gasteiger charge is -2.08. The van der Waals surface area contributed by atoms with Crippen LogP contribution < -0.4 is 5.56 Å². The van der Waals surface area contributed by atoms with Crippen LogP contribution in [0.3, 0.4) is 0 Å². The van der Waals surface area contributed by atoms with Crippen LogP contribution in [0.25, 0.3) is 10.2 Å². The topological polar surface area (TPSA) is 87.5 Å². The molecular formula is C24H19ClN2O5S. The third-order valence-electron chi connectivity index (χ3n) is 4.96. The lowest BCUT2D eigenvalue weighted by molar-refractivity contribution is -0.145. The molecule has 0 saturated carbocycles. The number of benzene rings is 2. The van der Waals surface area contributed by atoms with E-state index in [4.69, 9.17) is 21.1 Å². The van der Waals surface area contributed by atoms with Crippen LogP contribution in [0, 0.1) is 6.92 Å². The number of hydrogen-bond donors (Lipinski definition) is 0. The lowest BCUT2D eigenvalue weighted by Crippen LogP contribution is -2.25. The number of halogens is 1. The number of esters is 2. The zero-order valence-electron chi connectivity index (χ0n) is 17.6. The fraction of sp³-hybridized carbons (Fsp3) is 0.167. The Hall–Kier alpha value is -3.49. The van der Waals surface area contributed by atoms with Gasteiger partial charge >= 0.3 is 11.9 Å². The van der Waals surface area contributed by atoms with Gasteiger partial charge in [0.1, 0.15) is 29.5 Å². The van der Waals surface area contributed by atoms with Crippen LogP contribution in [0.15, 0.2) is 65.7 Å². The first-order valence-electron chi connectivity index (χ1n) is 10.0. The Balaban J connectivity index is 1.48. The largest absolute Gasteiger partial charge is 0.459 e. The molecule has 0 amide bonds. The van der Waals surface area contributed by atoms with Crippen molar-refractivity contribution in [2.45, 2.75) is 26.7 Å². The van der Waals surface area contributed by atoms with Gasteiger partial charge in [-0.05, 0) is 24.1 Å². The molecule has 2 aromatic carbocycles. The Bertz CT molecular complexity index is 1380. The van der Waals surface area contributed by atoms with Crippen LogP contribution >= 0.6 is 22.9 Å². The van der Waals surface area contributed by atoms with Crippen molar-refractivity contribution in [1.29, 1.82) is 0 Å². The van der Waals surface area contributed by atoms with Crippen molar-refractivity contribution in [2.24, 2.45) is 0 Å². The van der Waals surface area contributed by atoms with Gasteiger partial charge in [-0.25, -0.2) is 9.78 Å². The second kappa shape index (κ2) is 9.97. The second-order valence-electron chi connectivity index (χ2n) is 7.23. The van der Waals surface area contributed by atoms with E-state index in [0.29, 0.717) is 25.9 Å². The summed E-state index contributed by atoms with van der Waals surface area (Å²) in [4.78, 5) is 42.8. The Kier molecular flexibility index (Phi) is 6.86. The fourth-order valence-corrected chi connectivity index (χ4v) is 4.44. The average Bonchev–Trinajstić information content (AvgIpc) is 3.16. The number of carbonyl (C=O) groups is 2. The predicted octanol–water partition coefficient (Wildman–Crippen LogP) is 4.52. The van der Waals surface area contributed by atoms with E-state index in [1.807, 2.05) is 30.3 Å². The monoisotopic (exact) mass is 482 g/mol. The second-order valence-corrected chi connectivity index (χ2v) is 8.63. The van der Waals surface area contributed by atoms with E-state index >= 15 is 0 Å². The van der Waals surface area contributed by atoms with Crippen LogP contribution in [-0.4, -0.2) is 21.5 Å². The van der Waals surface area contributed by atoms with E-state index in [-0.39, 0.29) is 25.1 Å². The summed E-state index contributed by atoms with van der Waals surface area (Å²) in [6.07, 6.45) is 1.27. The van der Waals surface area contributed by atoms with E-state index in [0.717, 1.165) is 21.5 Å². The SMILES string of the molecule is Cc1c(C(=O)OCc2ccccc2)sc2ncn(CC(=O)OCc3ccccc3Cl)c(=O)c12. The van der Waals surface area contributed by atoms with Crippen LogP contribution in [0.4, 0.5) is 0 Å². The first kappa shape index (κ1) is 22.7. The first-order valence-corrected chi connectivity index (χ1v) is 11.2. The molecule has 4 aromatic rings. The summed E-state index contributed by atoms with van der Waals surface area (Å²) >= 11 is 7.16. The molecule has 0 spiro atoms. The van der Waals surface area contributed by atoms with Crippen molar-refractivity contribution in [2.75, 3.05) is 0 Å². The zero-order valence-corrected chi connectivity index (χ0v) is 19.2. The van der Waals surface area contributed by atoms with Gasteiger partial charge in [0.25, 0.3) is 5.56 Å². The Morgan fingerprint density at radius 3 is 2.52 bits per heavy atom. The molecule has 0 atom stereocenters. The molecule has 0 aliphatic heterocycles. The Labute approximate surface area is 198 Å². The summed E-state index contributed by atoms with van der Waals surface area (Å²) in [5.74, 6) is -1.13. The standard InChI is InChI=1S/C24H19ClN2O5S/c1-15-20-22(33-21(15)24(30)32-12-16-7-3-2-4-8-16)26-14-27(23(20)29)11-19(28)31-13-17-9-5-6-10-18(17)25/h2-10,14H,11-13H2,1H3. The van der Waals surface area contributed by atoms with Gasteiger partial charge in [-0.1, -0.05) is 60.1 Å². The third kappa shape index (κ3) is 5.13. The van der Waals surface area contributed by atoms with Crippen LogP contribution in [0.2, 0.25) is 5.02 Å². The van der Waals surface area contributed by atoms with Gasteiger partial charge < -0.3 is 9.47 Å². The van der Waals surface area contributed by atoms with Gasteiger partial charge in [0.05, 0.1) is 11.7 Å². The van der Waals surface area contributed by atoms with Gasteiger partial charge in [0.2, 0.25) is 0 Å². The molecule has 2 aromatic heterocycles. The highest BCUT2D eigenvalue weighted by atomic mass is 35.5. The number of nitrogens with zero attached hydrogens (tertiary/aromatic N) is 2. The normalized spacial score (nSPS) is 10.8. The molecule has 4 rings (SSSR count). The molecule has 0 unspecified atom stereocenters. The molecule has 9 heteroatoms. The Morgan fingerprint density at radius 2 is 1.76 bits per heavy atom. The summed E-state index contributed by atoms with van der Waals surface area (Å²) in [6.45, 7) is 1.48. The quantitative estimate of drug-likeness (QED) is 0.360. The number of fused-ring (bicyclic) bond motifs is 1. The van der Waals surface area contributed by atoms with Gasteiger partial charge in [0.15, 0.2) is 0 Å². The molecule has 0 aliphatic carbocycles. The molecule has 0 aliphatic rings. The van der Waals surface area contributed by atoms with E-state index in [1.54, 1.807) is 31.2 Å². The smallest absolute Gasteiger partial charge is 0.349 e. The third-order valence-corrected chi connectivity index (χ3v) is 6.51. The summed E-state index contributed by atoms with van der Waals surface area (Å²) in [6, 6.07) is 16.3. The minimum atomic E-state index is -0.603. The number of thiophene rings is 1. The molecular weight excluding hydrogens is 464 g/mol. The maximum Gasteiger partial charge on any atom is 0.349 e. The number of carbonyl (C=O) groups excluding carboxylic acids is 2. The predicted molar refractivity (Wildman–Crippen MR) is 125 cm³/mol. The number of ether oxygens (including phenoxy) is 2. The number of aromatic nitrogens is 2. The van der Waals surface area contributed by atoms with Crippen molar-refractivity contribution in [3.05, 3.63) is 97.9 Å². The maximum absolute atomic E-state index is 13.0. The molecule has 0 saturated heterocycles. The highest BCUT2D eigenvalue weighted by Crippen LogP contribution is 2.27. The highest BCUT2D eigenvalue weighted by molar-refractivity contribution is 7.20. The minimum Gasteiger partial charge on any atom is -0.459 e. The maximum atomic E-state index is 13.0.